The summed E-state index contributed by atoms with van der Waals surface area (Å²) in [5.41, 5.74) is 4.46. The molecule has 3 aromatic rings. The number of benzene rings is 2. The van der Waals surface area contributed by atoms with E-state index < -0.39 is 30.1 Å². The normalized spacial score (nSPS) is 14.0. The van der Waals surface area contributed by atoms with Crippen LogP contribution in [0.25, 0.3) is 11.1 Å². The Morgan fingerprint density at radius 2 is 1.57 bits per heavy atom. The number of aliphatic carboxylic acids is 1. The van der Waals surface area contributed by atoms with E-state index in [1.54, 1.807) is 12.1 Å². The van der Waals surface area contributed by atoms with Gasteiger partial charge in [0.2, 0.25) is 5.91 Å². The molecule has 4 rings (SSSR count). The van der Waals surface area contributed by atoms with Gasteiger partial charge in [-0.15, -0.1) is 11.3 Å². The molecule has 1 aromatic heterocycles. The maximum Gasteiger partial charge on any atom is 0.408 e. The van der Waals surface area contributed by atoms with Crippen molar-refractivity contribution in [2.45, 2.75) is 38.3 Å². The molecule has 2 aromatic carbocycles. The molecule has 2 amide bonds. The maximum absolute atomic E-state index is 13.1. The molecule has 0 bridgehead atoms. The van der Waals surface area contributed by atoms with E-state index in [0.29, 0.717) is 4.88 Å². The minimum atomic E-state index is -0.999. The number of hydrogen-bond donors (Lipinski definition) is 3. The van der Waals surface area contributed by atoms with Crippen molar-refractivity contribution in [3.05, 3.63) is 82.0 Å². The first-order chi connectivity index (χ1) is 16.8. The van der Waals surface area contributed by atoms with Crippen LogP contribution < -0.4 is 10.6 Å². The Kier molecular flexibility index (Phi) is 7.51. The van der Waals surface area contributed by atoms with E-state index in [1.165, 1.54) is 11.3 Å². The van der Waals surface area contributed by atoms with Gasteiger partial charge in [-0.3, -0.25) is 9.59 Å². The standard InChI is InChI=1S/C27H28N2O5S/c1-16(2)22(14-24(30)31)28-26(32)25(23-12-7-13-35-23)29-27(33)34-15-21-19-10-5-3-8-17(19)18-9-4-6-11-20(18)21/h3-13,16,21-22,25H,14-15H2,1-2H3,(H,28,32)(H,29,33)(H,30,31)/t22-,25?/m1/s1. The van der Waals surface area contributed by atoms with Gasteiger partial charge in [0.15, 0.2) is 0 Å². The van der Waals surface area contributed by atoms with Gasteiger partial charge >= 0.3 is 12.1 Å². The fraction of sp³-hybridized carbons (Fsp3) is 0.296. The van der Waals surface area contributed by atoms with Crippen LogP contribution in [0.4, 0.5) is 4.79 Å². The number of hydrogen-bond acceptors (Lipinski definition) is 5. The van der Waals surface area contributed by atoms with E-state index in [1.807, 2.05) is 55.6 Å². The largest absolute Gasteiger partial charge is 0.481 e. The minimum Gasteiger partial charge on any atom is -0.481 e. The summed E-state index contributed by atoms with van der Waals surface area (Å²) in [5, 5.41) is 16.5. The summed E-state index contributed by atoms with van der Waals surface area (Å²) in [7, 11) is 0. The molecule has 182 valence electrons. The fourth-order valence-corrected chi connectivity index (χ4v) is 5.16. The number of thiophene rings is 1. The highest BCUT2D eigenvalue weighted by Crippen LogP contribution is 2.44. The molecule has 0 saturated heterocycles. The third kappa shape index (κ3) is 5.54. The average molecular weight is 493 g/mol. The topological polar surface area (TPSA) is 105 Å². The lowest BCUT2D eigenvalue weighted by molar-refractivity contribution is -0.138. The van der Waals surface area contributed by atoms with Gasteiger partial charge < -0.3 is 20.5 Å². The average Bonchev–Trinajstić information content (AvgIpc) is 3.47. The predicted molar refractivity (Wildman–Crippen MR) is 134 cm³/mol. The van der Waals surface area contributed by atoms with E-state index >= 15 is 0 Å². The number of carboxylic acid groups (broad SMARTS) is 1. The summed E-state index contributed by atoms with van der Waals surface area (Å²) >= 11 is 1.33. The first-order valence-corrected chi connectivity index (χ1v) is 12.4. The Morgan fingerprint density at radius 3 is 2.11 bits per heavy atom. The van der Waals surface area contributed by atoms with Gasteiger partial charge in [0.05, 0.1) is 6.42 Å². The monoisotopic (exact) mass is 492 g/mol. The Labute approximate surface area is 208 Å². The van der Waals surface area contributed by atoms with Crippen LogP contribution in [0.15, 0.2) is 66.0 Å². The summed E-state index contributed by atoms with van der Waals surface area (Å²) in [4.78, 5) is 37.8. The second-order valence-electron chi connectivity index (χ2n) is 8.88. The van der Waals surface area contributed by atoms with Crippen molar-refractivity contribution < 1.29 is 24.2 Å². The quantitative estimate of drug-likeness (QED) is 0.392. The third-order valence-corrected chi connectivity index (χ3v) is 7.16. The number of rotatable bonds is 9. The van der Waals surface area contributed by atoms with Gasteiger partial charge in [-0.2, -0.15) is 0 Å². The highest BCUT2D eigenvalue weighted by molar-refractivity contribution is 7.10. The van der Waals surface area contributed by atoms with Crippen LogP contribution >= 0.6 is 11.3 Å². The fourth-order valence-electron chi connectivity index (χ4n) is 4.39. The summed E-state index contributed by atoms with van der Waals surface area (Å²) in [5.74, 6) is -1.65. The van der Waals surface area contributed by atoms with Gasteiger partial charge in [-0.05, 0) is 39.6 Å². The lowest BCUT2D eigenvalue weighted by Gasteiger charge is -2.24. The number of carbonyl (C=O) groups is 3. The molecule has 7 nitrogen and oxygen atoms in total. The van der Waals surface area contributed by atoms with Gasteiger partial charge in [0.25, 0.3) is 0 Å². The lowest BCUT2D eigenvalue weighted by Crippen LogP contribution is -2.46. The molecule has 1 aliphatic carbocycles. The van der Waals surface area contributed by atoms with Crippen molar-refractivity contribution in [1.82, 2.24) is 10.6 Å². The number of amides is 2. The van der Waals surface area contributed by atoms with Gasteiger partial charge in [-0.25, -0.2) is 4.79 Å². The second kappa shape index (κ2) is 10.7. The van der Waals surface area contributed by atoms with Crippen molar-refractivity contribution in [3.63, 3.8) is 0 Å². The molecular weight excluding hydrogens is 464 g/mol. The zero-order valence-electron chi connectivity index (χ0n) is 19.6. The summed E-state index contributed by atoms with van der Waals surface area (Å²) < 4.78 is 5.62. The molecule has 1 unspecified atom stereocenters. The number of carbonyl (C=O) groups excluding carboxylic acids is 2. The van der Waals surface area contributed by atoms with Gasteiger partial charge in [-0.1, -0.05) is 68.4 Å². The maximum atomic E-state index is 13.1. The molecule has 0 fully saturated rings. The van der Waals surface area contributed by atoms with Crippen LogP contribution in [-0.2, 0) is 14.3 Å². The molecule has 3 N–H and O–H groups in total. The molecule has 1 heterocycles. The van der Waals surface area contributed by atoms with Crippen LogP contribution in [0.5, 0.6) is 0 Å². The van der Waals surface area contributed by atoms with E-state index in [2.05, 4.69) is 22.8 Å². The molecule has 0 aliphatic heterocycles. The van der Waals surface area contributed by atoms with Crippen molar-refractivity contribution in [3.8, 4) is 11.1 Å². The van der Waals surface area contributed by atoms with Crippen molar-refractivity contribution in [2.24, 2.45) is 5.92 Å². The van der Waals surface area contributed by atoms with Crippen LogP contribution in [0.1, 0.15) is 48.2 Å². The van der Waals surface area contributed by atoms with E-state index in [9.17, 15) is 19.5 Å². The molecule has 0 saturated carbocycles. The molecule has 8 heteroatoms. The number of fused-ring (bicyclic) bond motifs is 3. The number of nitrogens with one attached hydrogen (secondary N) is 2. The Morgan fingerprint density at radius 1 is 0.943 bits per heavy atom. The predicted octanol–water partition coefficient (Wildman–Crippen LogP) is 4.94. The molecule has 2 atom stereocenters. The van der Waals surface area contributed by atoms with Crippen LogP contribution in [-0.4, -0.2) is 35.7 Å². The molecule has 0 radical (unpaired) electrons. The second-order valence-corrected chi connectivity index (χ2v) is 9.85. The summed E-state index contributed by atoms with van der Waals surface area (Å²) in [6.07, 6.45) is -0.911. The van der Waals surface area contributed by atoms with Crippen LogP contribution in [0, 0.1) is 5.92 Å². The minimum absolute atomic E-state index is 0.0894. The zero-order chi connectivity index (χ0) is 24.9. The number of carboxylic acids is 1. The highest BCUT2D eigenvalue weighted by atomic mass is 32.1. The Bertz CT molecular complexity index is 1160. The van der Waals surface area contributed by atoms with Gasteiger partial charge in [0.1, 0.15) is 12.6 Å². The molecule has 0 spiro atoms. The van der Waals surface area contributed by atoms with Crippen molar-refractivity contribution in [1.29, 1.82) is 0 Å². The molecular formula is C27H28N2O5S. The Hall–Kier alpha value is -3.65. The summed E-state index contributed by atoms with van der Waals surface area (Å²) in [6, 6.07) is 18.1. The SMILES string of the molecule is CC(C)[C@@H](CC(=O)O)NC(=O)C(NC(=O)OCC1c2ccccc2-c2ccccc21)c1cccs1. The van der Waals surface area contributed by atoms with Gasteiger partial charge in [0, 0.05) is 16.8 Å². The first kappa shape index (κ1) is 24.5. The van der Waals surface area contributed by atoms with E-state index in [4.69, 9.17) is 4.74 Å². The number of alkyl carbamates (subject to hydrolysis) is 1. The molecule has 1 aliphatic rings. The van der Waals surface area contributed by atoms with Crippen molar-refractivity contribution >= 4 is 29.3 Å². The van der Waals surface area contributed by atoms with E-state index in [0.717, 1.165) is 22.3 Å². The first-order valence-electron chi connectivity index (χ1n) is 11.5. The van der Waals surface area contributed by atoms with E-state index in [-0.39, 0.29) is 24.9 Å². The Balaban J connectivity index is 1.46. The third-order valence-electron chi connectivity index (χ3n) is 6.22. The summed E-state index contributed by atoms with van der Waals surface area (Å²) in [6.45, 7) is 3.81. The smallest absolute Gasteiger partial charge is 0.408 e. The van der Waals surface area contributed by atoms with Crippen LogP contribution in [0.2, 0.25) is 0 Å². The zero-order valence-corrected chi connectivity index (χ0v) is 20.4. The van der Waals surface area contributed by atoms with Crippen molar-refractivity contribution in [2.75, 3.05) is 6.61 Å². The lowest BCUT2D eigenvalue weighted by atomic mass is 9.98. The number of ether oxygens (including phenoxy) is 1. The van der Waals surface area contributed by atoms with Crippen LogP contribution in [0.3, 0.4) is 0 Å². The highest BCUT2D eigenvalue weighted by Gasteiger charge is 2.31. The molecule has 35 heavy (non-hydrogen) atoms.